The fraction of sp³-hybridized carbons (Fsp3) is 0.533. The number of hydrogen-bond acceptors (Lipinski definition) is 3. The minimum atomic E-state index is 0.100. The molecule has 1 heterocycles. The van der Waals surface area contributed by atoms with Crippen LogP contribution in [-0.4, -0.2) is 43.5 Å². The molecule has 0 bridgehead atoms. The summed E-state index contributed by atoms with van der Waals surface area (Å²) >= 11 is 0. The van der Waals surface area contributed by atoms with Gasteiger partial charge in [-0.25, -0.2) is 0 Å². The van der Waals surface area contributed by atoms with Gasteiger partial charge in [0.1, 0.15) is 0 Å². The van der Waals surface area contributed by atoms with Gasteiger partial charge < -0.3 is 15.5 Å². The molecule has 1 fully saturated rings. The Morgan fingerprint density at radius 1 is 1.21 bits per heavy atom. The van der Waals surface area contributed by atoms with Gasteiger partial charge in [-0.05, 0) is 37.1 Å². The molecule has 0 atom stereocenters. The molecule has 0 aliphatic carbocycles. The summed E-state index contributed by atoms with van der Waals surface area (Å²) in [6, 6.07) is 6.13. The fourth-order valence-corrected chi connectivity index (χ4v) is 2.46. The van der Waals surface area contributed by atoms with Gasteiger partial charge in [-0.2, -0.15) is 0 Å². The first kappa shape index (κ1) is 14.0. The van der Waals surface area contributed by atoms with E-state index in [9.17, 15) is 4.79 Å². The molecule has 1 aliphatic heterocycles. The zero-order valence-electron chi connectivity index (χ0n) is 11.8. The normalized spacial score (nSPS) is 16.3. The molecule has 0 unspecified atom stereocenters. The van der Waals surface area contributed by atoms with Crippen LogP contribution in [0.3, 0.4) is 0 Å². The van der Waals surface area contributed by atoms with Crippen molar-refractivity contribution >= 4 is 11.6 Å². The summed E-state index contributed by atoms with van der Waals surface area (Å²) < 4.78 is 0. The van der Waals surface area contributed by atoms with Crippen LogP contribution in [0.2, 0.25) is 0 Å². The maximum absolute atomic E-state index is 11.9. The summed E-state index contributed by atoms with van der Waals surface area (Å²) in [5.41, 5.74) is 3.26. The molecule has 1 aromatic carbocycles. The number of carbonyl (C=O) groups is 1. The number of amides is 1. The first-order chi connectivity index (χ1) is 9.13. The standard InChI is InChI=1S/C15H23N3O/c1-12-9-13(2)11-14(10-12)17-15(19)3-6-18-7-4-16-5-8-18/h9-11,16H,3-8H2,1-2H3,(H,17,19). The molecule has 0 radical (unpaired) electrons. The molecule has 2 rings (SSSR count). The number of rotatable bonds is 4. The molecule has 1 aromatic rings. The Labute approximate surface area is 115 Å². The van der Waals surface area contributed by atoms with Crippen molar-refractivity contribution in [1.29, 1.82) is 0 Å². The molecule has 19 heavy (non-hydrogen) atoms. The van der Waals surface area contributed by atoms with Crippen molar-refractivity contribution in [1.82, 2.24) is 10.2 Å². The smallest absolute Gasteiger partial charge is 0.225 e. The zero-order chi connectivity index (χ0) is 13.7. The van der Waals surface area contributed by atoms with Gasteiger partial charge in [0.15, 0.2) is 0 Å². The van der Waals surface area contributed by atoms with Gasteiger partial charge in [-0.3, -0.25) is 4.79 Å². The topological polar surface area (TPSA) is 44.4 Å². The first-order valence-corrected chi connectivity index (χ1v) is 6.95. The van der Waals surface area contributed by atoms with Gasteiger partial charge in [0, 0.05) is 44.8 Å². The average molecular weight is 261 g/mol. The minimum Gasteiger partial charge on any atom is -0.326 e. The second kappa shape index (κ2) is 6.68. The summed E-state index contributed by atoms with van der Waals surface area (Å²) in [4.78, 5) is 14.3. The van der Waals surface area contributed by atoms with E-state index in [1.54, 1.807) is 0 Å². The van der Waals surface area contributed by atoms with Crippen molar-refractivity contribution < 1.29 is 4.79 Å². The number of anilines is 1. The van der Waals surface area contributed by atoms with Crippen LogP contribution in [0.25, 0.3) is 0 Å². The van der Waals surface area contributed by atoms with Crippen LogP contribution in [0.4, 0.5) is 5.69 Å². The van der Waals surface area contributed by atoms with E-state index in [0.717, 1.165) is 38.4 Å². The third-order valence-corrected chi connectivity index (χ3v) is 3.37. The molecular weight excluding hydrogens is 238 g/mol. The van der Waals surface area contributed by atoms with Crippen LogP contribution < -0.4 is 10.6 Å². The molecule has 0 saturated carbocycles. The summed E-state index contributed by atoms with van der Waals surface area (Å²) in [5, 5.41) is 6.29. The van der Waals surface area contributed by atoms with E-state index in [-0.39, 0.29) is 5.91 Å². The van der Waals surface area contributed by atoms with E-state index >= 15 is 0 Å². The quantitative estimate of drug-likeness (QED) is 0.864. The second-order valence-electron chi connectivity index (χ2n) is 5.27. The monoisotopic (exact) mass is 261 g/mol. The number of carbonyl (C=O) groups excluding carboxylic acids is 1. The Balaban J connectivity index is 1.80. The molecule has 4 heteroatoms. The van der Waals surface area contributed by atoms with Crippen molar-refractivity contribution in [3.05, 3.63) is 29.3 Å². The van der Waals surface area contributed by atoms with Crippen LogP contribution >= 0.6 is 0 Å². The van der Waals surface area contributed by atoms with Crippen LogP contribution in [-0.2, 0) is 4.79 Å². The molecule has 0 aromatic heterocycles. The number of aryl methyl sites for hydroxylation is 2. The Bertz CT molecular complexity index is 419. The minimum absolute atomic E-state index is 0.100. The molecule has 2 N–H and O–H groups in total. The Morgan fingerprint density at radius 3 is 2.47 bits per heavy atom. The van der Waals surface area contributed by atoms with Gasteiger partial charge in [0.25, 0.3) is 0 Å². The zero-order valence-corrected chi connectivity index (χ0v) is 11.8. The second-order valence-corrected chi connectivity index (χ2v) is 5.27. The fourth-order valence-electron chi connectivity index (χ4n) is 2.46. The largest absolute Gasteiger partial charge is 0.326 e. The molecular formula is C15H23N3O. The van der Waals surface area contributed by atoms with E-state index < -0.39 is 0 Å². The molecule has 0 spiro atoms. The van der Waals surface area contributed by atoms with Gasteiger partial charge in [-0.15, -0.1) is 0 Å². The van der Waals surface area contributed by atoms with E-state index in [1.165, 1.54) is 11.1 Å². The van der Waals surface area contributed by atoms with E-state index in [0.29, 0.717) is 6.42 Å². The van der Waals surface area contributed by atoms with Gasteiger partial charge >= 0.3 is 0 Å². The van der Waals surface area contributed by atoms with Crippen LogP contribution in [0.1, 0.15) is 17.5 Å². The number of benzene rings is 1. The third kappa shape index (κ3) is 4.65. The Kier molecular flexibility index (Phi) is 4.93. The summed E-state index contributed by atoms with van der Waals surface area (Å²) in [6.45, 7) is 9.07. The van der Waals surface area contributed by atoms with Crippen molar-refractivity contribution in [3.63, 3.8) is 0 Å². The van der Waals surface area contributed by atoms with Crippen molar-refractivity contribution in [2.24, 2.45) is 0 Å². The molecule has 1 saturated heterocycles. The highest BCUT2D eigenvalue weighted by atomic mass is 16.1. The predicted molar refractivity (Wildman–Crippen MR) is 78.5 cm³/mol. The SMILES string of the molecule is Cc1cc(C)cc(NC(=O)CCN2CCNCC2)c1. The van der Waals surface area contributed by atoms with Crippen LogP contribution in [0.5, 0.6) is 0 Å². The lowest BCUT2D eigenvalue weighted by atomic mass is 10.1. The molecule has 1 amide bonds. The van der Waals surface area contributed by atoms with Crippen molar-refractivity contribution in [2.45, 2.75) is 20.3 Å². The Morgan fingerprint density at radius 2 is 1.84 bits per heavy atom. The number of hydrogen-bond donors (Lipinski definition) is 2. The summed E-state index contributed by atoms with van der Waals surface area (Å²) in [6.07, 6.45) is 0.562. The van der Waals surface area contributed by atoms with E-state index in [1.807, 2.05) is 26.0 Å². The predicted octanol–water partition coefficient (Wildman–Crippen LogP) is 1.54. The highest BCUT2D eigenvalue weighted by molar-refractivity contribution is 5.91. The number of piperazine rings is 1. The summed E-state index contributed by atoms with van der Waals surface area (Å²) in [7, 11) is 0. The summed E-state index contributed by atoms with van der Waals surface area (Å²) in [5.74, 6) is 0.100. The lowest BCUT2D eigenvalue weighted by Crippen LogP contribution is -2.44. The van der Waals surface area contributed by atoms with Crippen molar-refractivity contribution in [3.8, 4) is 0 Å². The lowest BCUT2D eigenvalue weighted by Gasteiger charge is -2.26. The lowest BCUT2D eigenvalue weighted by molar-refractivity contribution is -0.116. The Hall–Kier alpha value is -1.39. The third-order valence-electron chi connectivity index (χ3n) is 3.37. The van der Waals surface area contributed by atoms with Gasteiger partial charge in [0.2, 0.25) is 5.91 Å². The first-order valence-electron chi connectivity index (χ1n) is 6.95. The van der Waals surface area contributed by atoms with Gasteiger partial charge in [0.05, 0.1) is 0 Å². The maximum Gasteiger partial charge on any atom is 0.225 e. The maximum atomic E-state index is 11.9. The van der Waals surface area contributed by atoms with E-state index in [4.69, 9.17) is 0 Å². The molecule has 4 nitrogen and oxygen atoms in total. The molecule has 104 valence electrons. The average Bonchev–Trinajstić information content (AvgIpc) is 2.36. The molecule has 1 aliphatic rings. The van der Waals surface area contributed by atoms with Crippen LogP contribution in [0.15, 0.2) is 18.2 Å². The highest BCUT2D eigenvalue weighted by Gasteiger charge is 2.11. The number of nitrogens with zero attached hydrogens (tertiary/aromatic N) is 1. The highest BCUT2D eigenvalue weighted by Crippen LogP contribution is 2.14. The van der Waals surface area contributed by atoms with Gasteiger partial charge in [-0.1, -0.05) is 6.07 Å². The van der Waals surface area contributed by atoms with Crippen LogP contribution in [0, 0.1) is 13.8 Å². The van der Waals surface area contributed by atoms with E-state index in [2.05, 4.69) is 21.6 Å². The number of nitrogens with one attached hydrogen (secondary N) is 2. The van der Waals surface area contributed by atoms with Crippen molar-refractivity contribution in [2.75, 3.05) is 38.0 Å².